The van der Waals surface area contributed by atoms with Gasteiger partial charge in [0.15, 0.2) is 0 Å². The lowest BCUT2D eigenvalue weighted by molar-refractivity contribution is -0.122. The highest BCUT2D eigenvalue weighted by Crippen LogP contribution is 2.59. The molecule has 0 heterocycles. The standard InChI is InChI=1S/C23H32N2O2S/c1-15-3-5-20(6-4-15)25-21(26)13-28-16(2)22(27)24-14-23-10-17-7-18(11-23)9-19(8-17)12-23/h3-6,16-19H,7-14H2,1-2H3,(H,24,27)(H,25,26)/t16-,17?,18?,19?,23?/m1/s1. The fraction of sp³-hybridized carbons (Fsp3) is 0.652. The molecule has 5 rings (SSSR count). The summed E-state index contributed by atoms with van der Waals surface area (Å²) in [5.41, 5.74) is 2.32. The smallest absolute Gasteiger partial charge is 0.234 e. The molecule has 2 amide bonds. The van der Waals surface area contributed by atoms with Gasteiger partial charge in [0.05, 0.1) is 11.0 Å². The number of carbonyl (C=O) groups excluding carboxylic acids is 2. The van der Waals surface area contributed by atoms with Gasteiger partial charge < -0.3 is 10.6 Å². The molecule has 4 saturated carbocycles. The first kappa shape index (κ1) is 19.8. The van der Waals surface area contributed by atoms with Crippen LogP contribution in [0, 0.1) is 30.1 Å². The van der Waals surface area contributed by atoms with Crippen molar-refractivity contribution in [1.29, 1.82) is 0 Å². The Kier molecular flexibility index (Phi) is 5.73. The van der Waals surface area contributed by atoms with Crippen molar-refractivity contribution < 1.29 is 9.59 Å². The summed E-state index contributed by atoms with van der Waals surface area (Å²) < 4.78 is 0. The Morgan fingerprint density at radius 3 is 2.21 bits per heavy atom. The second-order valence-electron chi connectivity index (χ2n) is 9.50. The number of hydrogen-bond donors (Lipinski definition) is 2. The minimum atomic E-state index is -0.210. The number of thioether (sulfide) groups is 1. The van der Waals surface area contributed by atoms with E-state index in [1.165, 1.54) is 50.3 Å². The number of nitrogens with one attached hydrogen (secondary N) is 2. The largest absolute Gasteiger partial charge is 0.355 e. The molecular formula is C23H32N2O2S. The highest BCUT2D eigenvalue weighted by atomic mass is 32.2. The number of anilines is 1. The van der Waals surface area contributed by atoms with E-state index in [0.717, 1.165) is 35.5 Å². The molecule has 28 heavy (non-hydrogen) atoms. The van der Waals surface area contributed by atoms with Crippen LogP contribution in [0.2, 0.25) is 0 Å². The predicted octanol–water partition coefficient (Wildman–Crippen LogP) is 4.39. The van der Waals surface area contributed by atoms with Gasteiger partial charge in [-0.2, -0.15) is 0 Å². The van der Waals surface area contributed by atoms with E-state index in [-0.39, 0.29) is 17.1 Å². The average Bonchev–Trinajstić information content (AvgIpc) is 2.65. The van der Waals surface area contributed by atoms with Crippen LogP contribution in [0.1, 0.15) is 51.0 Å². The Labute approximate surface area is 172 Å². The number of rotatable bonds is 7. The van der Waals surface area contributed by atoms with Crippen LogP contribution in [-0.2, 0) is 9.59 Å². The lowest BCUT2D eigenvalue weighted by atomic mass is 9.49. The number of benzene rings is 1. The summed E-state index contributed by atoms with van der Waals surface area (Å²) in [4.78, 5) is 24.7. The molecule has 0 radical (unpaired) electrons. The molecule has 4 aliphatic carbocycles. The maximum atomic E-state index is 12.6. The van der Waals surface area contributed by atoms with Crippen LogP contribution in [0.5, 0.6) is 0 Å². The molecule has 4 aliphatic rings. The van der Waals surface area contributed by atoms with Gasteiger partial charge in [-0.25, -0.2) is 0 Å². The zero-order valence-corrected chi connectivity index (χ0v) is 17.8. The summed E-state index contributed by atoms with van der Waals surface area (Å²) in [5, 5.41) is 5.91. The summed E-state index contributed by atoms with van der Waals surface area (Å²) in [6, 6.07) is 7.76. The van der Waals surface area contributed by atoms with Gasteiger partial charge in [0.2, 0.25) is 11.8 Å². The van der Waals surface area contributed by atoms with Crippen LogP contribution in [0.25, 0.3) is 0 Å². The van der Waals surface area contributed by atoms with E-state index in [1.807, 2.05) is 38.1 Å². The van der Waals surface area contributed by atoms with Crippen molar-refractivity contribution in [3.63, 3.8) is 0 Å². The van der Waals surface area contributed by atoms with Crippen molar-refractivity contribution in [2.24, 2.45) is 23.2 Å². The number of hydrogen-bond acceptors (Lipinski definition) is 3. The van der Waals surface area contributed by atoms with Crippen molar-refractivity contribution in [3.05, 3.63) is 29.8 Å². The molecule has 0 unspecified atom stereocenters. The molecule has 0 saturated heterocycles. The van der Waals surface area contributed by atoms with Gasteiger partial charge >= 0.3 is 0 Å². The third-order valence-corrected chi connectivity index (χ3v) is 8.11. The van der Waals surface area contributed by atoms with Gasteiger partial charge in [-0.3, -0.25) is 9.59 Å². The van der Waals surface area contributed by atoms with E-state index >= 15 is 0 Å². The van der Waals surface area contributed by atoms with E-state index in [9.17, 15) is 9.59 Å². The molecule has 0 aromatic heterocycles. The molecule has 4 nitrogen and oxygen atoms in total. The van der Waals surface area contributed by atoms with E-state index in [2.05, 4.69) is 10.6 Å². The lowest BCUT2D eigenvalue weighted by Crippen LogP contribution is -2.51. The normalized spacial score (nSPS) is 31.4. The Morgan fingerprint density at radius 1 is 1.07 bits per heavy atom. The third-order valence-electron chi connectivity index (χ3n) is 6.97. The van der Waals surface area contributed by atoms with Crippen LogP contribution in [0.3, 0.4) is 0 Å². The minimum absolute atomic E-state index is 0.0606. The van der Waals surface area contributed by atoms with Crippen molar-refractivity contribution in [3.8, 4) is 0 Å². The van der Waals surface area contributed by atoms with E-state index < -0.39 is 0 Å². The van der Waals surface area contributed by atoms with Crippen LogP contribution < -0.4 is 10.6 Å². The van der Waals surface area contributed by atoms with E-state index in [0.29, 0.717) is 11.2 Å². The summed E-state index contributed by atoms with van der Waals surface area (Å²) in [7, 11) is 0. The van der Waals surface area contributed by atoms with Gasteiger partial charge in [-0.15, -0.1) is 11.8 Å². The molecule has 1 aromatic rings. The third kappa shape index (κ3) is 4.56. The Morgan fingerprint density at radius 2 is 1.64 bits per heavy atom. The van der Waals surface area contributed by atoms with Crippen molar-refractivity contribution in [2.75, 3.05) is 17.6 Å². The Hall–Kier alpha value is -1.49. The second kappa shape index (κ2) is 8.10. The number of amides is 2. The summed E-state index contributed by atoms with van der Waals surface area (Å²) in [5.74, 6) is 3.01. The van der Waals surface area contributed by atoms with Crippen molar-refractivity contribution in [2.45, 2.75) is 57.6 Å². The van der Waals surface area contributed by atoms with Crippen LogP contribution in [0.4, 0.5) is 5.69 Å². The minimum Gasteiger partial charge on any atom is -0.355 e. The molecule has 152 valence electrons. The fourth-order valence-corrected chi connectivity index (χ4v) is 6.74. The Bertz CT molecular complexity index is 695. The topological polar surface area (TPSA) is 58.2 Å². The van der Waals surface area contributed by atoms with Gasteiger partial charge in [-0.05, 0) is 87.7 Å². The molecule has 5 heteroatoms. The highest BCUT2D eigenvalue weighted by Gasteiger charge is 2.50. The first-order valence-electron chi connectivity index (χ1n) is 10.7. The molecule has 4 bridgehead atoms. The van der Waals surface area contributed by atoms with Crippen LogP contribution in [0.15, 0.2) is 24.3 Å². The lowest BCUT2D eigenvalue weighted by Gasteiger charge is -2.57. The molecule has 0 aliphatic heterocycles. The number of aryl methyl sites for hydroxylation is 1. The zero-order chi connectivity index (χ0) is 19.7. The summed E-state index contributed by atoms with van der Waals surface area (Å²) >= 11 is 1.41. The molecule has 2 N–H and O–H groups in total. The van der Waals surface area contributed by atoms with Gasteiger partial charge in [-0.1, -0.05) is 17.7 Å². The summed E-state index contributed by atoms with van der Waals surface area (Å²) in [6.45, 7) is 4.75. The van der Waals surface area contributed by atoms with Crippen LogP contribution in [-0.4, -0.2) is 29.4 Å². The van der Waals surface area contributed by atoms with Crippen LogP contribution >= 0.6 is 11.8 Å². The molecule has 1 atom stereocenters. The average molecular weight is 401 g/mol. The molecule has 1 aromatic carbocycles. The predicted molar refractivity (Wildman–Crippen MR) is 115 cm³/mol. The maximum Gasteiger partial charge on any atom is 0.234 e. The van der Waals surface area contributed by atoms with Crippen molar-refractivity contribution >= 4 is 29.3 Å². The molecule has 4 fully saturated rings. The fourth-order valence-electron chi connectivity index (χ4n) is 6.04. The van der Waals surface area contributed by atoms with Crippen molar-refractivity contribution in [1.82, 2.24) is 5.32 Å². The van der Waals surface area contributed by atoms with Gasteiger partial charge in [0.25, 0.3) is 0 Å². The SMILES string of the molecule is Cc1ccc(NC(=O)CS[C@H](C)C(=O)NCC23CC4CC(CC(C4)C2)C3)cc1. The Balaban J connectivity index is 1.21. The van der Waals surface area contributed by atoms with Gasteiger partial charge in [0, 0.05) is 12.2 Å². The molecule has 0 spiro atoms. The number of carbonyl (C=O) groups is 2. The first-order chi connectivity index (χ1) is 13.4. The highest BCUT2D eigenvalue weighted by molar-refractivity contribution is 8.01. The molecular weight excluding hydrogens is 368 g/mol. The second-order valence-corrected chi connectivity index (χ2v) is 10.8. The monoisotopic (exact) mass is 400 g/mol. The van der Waals surface area contributed by atoms with E-state index in [1.54, 1.807) is 0 Å². The summed E-state index contributed by atoms with van der Waals surface area (Å²) in [6.07, 6.45) is 8.19. The maximum absolute atomic E-state index is 12.6. The first-order valence-corrected chi connectivity index (χ1v) is 11.7. The quantitative estimate of drug-likeness (QED) is 0.714. The van der Waals surface area contributed by atoms with E-state index in [4.69, 9.17) is 0 Å². The zero-order valence-electron chi connectivity index (χ0n) is 17.0. The van der Waals surface area contributed by atoms with Gasteiger partial charge in [0.1, 0.15) is 0 Å².